The fourth-order valence-corrected chi connectivity index (χ4v) is 3.88. The predicted molar refractivity (Wildman–Crippen MR) is 73.9 cm³/mol. The molecule has 1 fully saturated rings. The van der Waals surface area contributed by atoms with Gasteiger partial charge in [-0.15, -0.1) is 11.6 Å². The second kappa shape index (κ2) is 4.43. The second-order valence-electron chi connectivity index (χ2n) is 4.04. The molecule has 18 heavy (non-hydrogen) atoms. The third-order valence-electron chi connectivity index (χ3n) is 2.71. The van der Waals surface area contributed by atoms with E-state index in [1.807, 2.05) is 0 Å². The van der Waals surface area contributed by atoms with Crippen molar-refractivity contribution >= 4 is 60.1 Å². The maximum absolute atomic E-state index is 13.3. The van der Waals surface area contributed by atoms with Crippen molar-refractivity contribution in [3.63, 3.8) is 0 Å². The van der Waals surface area contributed by atoms with Gasteiger partial charge in [-0.3, -0.25) is 9.69 Å². The van der Waals surface area contributed by atoms with Crippen LogP contribution in [0.15, 0.2) is 16.6 Å². The van der Waals surface area contributed by atoms with Gasteiger partial charge in [0.2, 0.25) is 5.91 Å². The summed E-state index contributed by atoms with van der Waals surface area (Å²) in [5.41, 5.74) is 0.669. The summed E-state index contributed by atoms with van der Waals surface area (Å²) in [6, 6.07) is 2.78. The molecular formula is C11H7BrClFN2OS. The lowest BCUT2D eigenvalue weighted by Crippen LogP contribution is -2.24. The lowest BCUT2D eigenvalue weighted by Gasteiger charge is -2.10. The largest absolute Gasteiger partial charge is 0.287 e. The number of fused-ring (bicyclic) bond motifs is 1. The van der Waals surface area contributed by atoms with Crippen molar-refractivity contribution < 1.29 is 9.18 Å². The number of hydrogen-bond donors (Lipinski definition) is 0. The number of alkyl halides is 1. The molecule has 0 saturated carbocycles. The molecule has 0 bridgehead atoms. The molecule has 94 valence electrons. The van der Waals surface area contributed by atoms with Crippen molar-refractivity contribution in [1.82, 2.24) is 4.98 Å². The van der Waals surface area contributed by atoms with Gasteiger partial charge in [-0.2, -0.15) is 0 Å². The van der Waals surface area contributed by atoms with Crippen LogP contribution in [-0.2, 0) is 4.79 Å². The minimum atomic E-state index is -0.326. The molecule has 1 unspecified atom stereocenters. The van der Waals surface area contributed by atoms with Gasteiger partial charge in [0.25, 0.3) is 0 Å². The molecule has 1 amide bonds. The molecule has 0 spiro atoms. The van der Waals surface area contributed by atoms with Crippen molar-refractivity contribution in [3.8, 4) is 0 Å². The highest BCUT2D eigenvalue weighted by Gasteiger charge is 2.31. The first-order valence-electron chi connectivity index (χ1n) is 5.24. The van der Waals surface area contributed by atoms with Crippen molar-refractivity contribution in [2.24, 2.45) is 0 Å². The van der Waals surface area contributed by atoms with Crippen LogP contribution in [0.25, 0.3) is 10.2 Å². The Labute approximate surface area is 120 Å². The van der Waals surface area contributed by atoms with E-state index in [-0.39, 0.29) is 17.1 Å². The fourth-order valence-electron chi connectivity index (χ4n) is 1.91. The van der Waals surface area contributed by atoms with Gasteiger partial charge in [0.15, 0.2) is 5.13 Å². The summed E-state index contributed by atoms with van der Waals surface area (Å²) in [5.74, 6) is -0.363. The number of benzene rings is 1. The Hall–Kier alpha value is -0.720. The van der Waals surface area contributed by atoms with Gasteiger partial charge in [-0.1, -0.05) is 11.3 Å². The number of carbonyl (C=O) groups excluding carboxylic acids is 1. The molecule has 0 N–H and O–H groups in total. The normalized spacial score (nSPS) is 20.1. The Kier molecular flexibility index (Phi) is 3.03. The standard InChI is InChI=1S/C11H7BrClFN2OS/c12-7-2-6(14)3-8-10(7)15-11(18-8)16-4-5(13)1-9(16)17/h2-3,5H,1,4H2. The number of thiazole rings is 1. The fraction of sp³-hybridized carbons (Fsp3) is 0.273. The summed E-state index contributed by atoms with van der Waals surface area (Å²) >= 11 is 10.5. The molecule has 1 aromatic carbocycles. The van der Waals surface area contributed by atoms with Crippen LogP contribution in [0.4, 0.5) is 9.52 Å². The van der Waals surface area contributed by atoms with Crippen molar-refractivity contribution in [1.29, 1.82) is 0 Å². The van der Waals surface area contributed by atoms with Crippen LogP contribution < -0.4 is 4.90 Å². The molecule has 3 rings (SSSR count). The zero-order valence-electron chi connectivity index (χ0n) is 8.99. The number of nitrogens with zero attached hydrogens (tertiary/aromatic N) is 2. The lowest BCUT2D eigenvalue weighted by molar-refractivity contribution is -0.117. The van der Waals surface area contributed by atoms with E-state index in [1.165, 1.54) is 23.5 Å². The topological polar surface area (TPSA) is 33.2 Å². The van der Waals surface area contributed by atoms with Crippen LogP contribution in [-0.4, -0.2) is 22.8 Å². The molecule has 1 atom stereocenters. The van der Waals surface area contributed by atoms with Crippen molar-refractivity contribution in [3.05, 3.63) is 22.4 Å². The molecule has 2 heterocycles. The number of halogens is 3. The molecule has 0 aliphatic carbocycles. The summed E-state index contributed by atoms with van der Waals surface area (Å²) in [5, 5.41) is 0.397. The van der Waals surface area contributed by atoms with E-state index < -0.39 is 0 Å². The molecule has 1 aromatic heterocycles. The van der Waals surface area contributed by atoms with Crippen LogP contribution in [0.3, 0.4) is 0 Å². The van der Waals surface area contributed by atoms with Gasteiger partial charge < -0.3 is 0 Å². The average molecular weight is 350 g/mol. The van der Waals surface area contributed by atoms with E-state index in [0.29, 0.717) is 32.8 Å². The summed E-state index contributed by atoms with van der Waals surface area (Å²) in [6.07, 6.45) is 0.326. The van der Waals surface area contributed by atoms with Gasteiger partial charge in [-0.25, -0.2) is 9.37 Å². The van der Waals surface area contributed by atoms with Crippen LogP contribution in [0.5, 0.6) is 0 Å². The first-order chi connectivity index (χ1) is 8.54. The van der Waals surface area contributed by atoms with Gasteiger partial charge in [0.05, 0.1) is 15.6 Å². The van der Waals surface area contributed by atoms with E-state index in [9.17, 15) is 9.18 Å². The first-order valence-corrected chi connectivity index (χ1v) is 7.29. The third kappa shape index (κ3) is 2.02. The molecule has 2 aromatic rings. The summed E-state index contributed by atoms with van der Waals surface area (Å²) in [6.45, 7) is 0.459. The molecular weight excluding hydrogens is 343 g/mol. The molecule has 1 aliphatic heterocycles. The van der Waals surface area contributed by atoms with E-state index in [0.717, 1.165) is 0 Å². The zero-order valence-corrected chi connectivity index (χ0v) is 12.1. The SMILES string of the molecule is O=C1CC(Cl)CN1c1nc2c(Br)cc(F)cc2s1. The van der Waals surface area contributed by atoms with Crippen LogP contribution >= 0.6 is 38.9 Å². The summed E-state index contributed by atoms with van der Waals surface area (Å²) < 4.78 is 14.6. The highest BCUT2D eigenvalue weighted by Crippen LogP contribution is 2.35. The Morgan fingerprint density at radius 3 is 3.00 bits per heavy atom. The number of hydrogen-bond acceptors (Lipinski definition) is 3. The van der Waals surface area contributed by atoms with Crippen molar-refractivity contribution in [2.45, 2.75) is 11.8 Å². The number of carbonyl (C=O) groups is 1. The minimum Gasteiger partial charge on any atom is -0.287 e. The average Bonchev–Trinajstić information content (AvgIpc) is 2.81. The van der Waals surface area contributed by atoms with E-state index in [2.05, 4.69) is 20.9 Å². The van der Waals surface area contributed by atoms with E-state index in [4.69, 9.17) is 11.6 Å². The van der Waals surface area contributed by atoms with Crippen LogP contribution in [0.2, 0.25) is 0 Å². The Balaban J connectivity index is 2.09. The summed E-state index contributed by atoms with van der Waals surface area (Å²) in [7, 11) is 0. The van der Waals surface area contributed by atoms with Crippen LogP contribution in [0.1, 0.15) is 6.42 Å². The molecule has 0 radical (unpaired) electrons. The van der Waals surface area contributed by atoms with Crippen molar-refractivity contribution in [2.75, 3.05) is 11.4 Å². The minimum absolute atomic E-state index is 0.0364. The Bertz CT molecular complexity index is 647. The molecule has 1 aliphatic rings. The molecule has 1 saturated heterocycles. The second-order valence-corrected chi connectivity index (χ2v) is 6.52. The predicted octanol–water partition coefficient (Wildman–Crippen LogP) is 3.54. The number of aromatic nitrogens is 1. The van der Waals surface area contributed by atoms with E-state index >= 15 is 0 Å². The van der Waals surface area contributed by atoms with Gasteiger partial charge in [-0.05, 0) is 28.1 Å². The molecule has 7 heteroatoms. The zero-order chi connectivity index (χ0) is 12.9. The lowest BCUT2D eigenvalue weighted by atomic mass is 10.3. The Morgan fingerprint density at radius 2 is 2.33 bits per heavy atom. The maximum atomic E-state index is 13.3. The highest BCUT2D eigenvalue weighted by atomic mass is 79.9. The quantitative estimate of drug-likeness (QED) is 0.738. The van der Waals surface area contributed by atoms with Gasteiger partial charge in [0, 0.05) is 17.4 Å². The smallest absolute Gasteiger partial charge is 0.230 e. The third-order valence-corrected chi connectivity index (χ3v) is 4.63. The van der Waals surface area contributed by atoms with Gasteiger partial charge >= 0.3 is 0 Å². The maximum Gasteiger partial charge on any atom is 0.230 e. The highest BCUT2D eigenvalue weighted by molar-refractivity contribution is 9.10. The number of rotatable bonds is 1. The van der Waals surface area contributed by atoms with Crippen LogP contribution in [0, 0.1) is 5.82 Å². The Morgan fingerprint density at radius 1 is 1.56 bits per heavy atom. The number of anilines is 1. The number of amides is 1. The van der Waals surface area contributed by atoms with E-state index in [1.54, 1.807) is 4.90 Å². The molecule has 3 nitrogen and oxygen atoms in total. The monoisotopic (exact) mass is 348 g/mol. The summed E-state index contributed by atoms with van der Waals surface area (Å²) in [4.78, 5) is 17.7. The first kappa shape index (κ1) is 12.3. The van der Waals surface area contributed by atoms with Gasteiger partial charge in [0.1, 0.15) is 5.82 Å².